The molecule has 0 radical (unpaired) electrons. The highest BCUT2D eigenvalue weighted by Crippen LogP contribution is 2.36. The van der Waals surface area contributed by atoms with Crippen molar-refractivity contribution in [2.45, 2.75) is 68.6 Å². The Hall–Kier alpha value is -2.91. The second-order valence-corrected chi connectivity index (χ2v) is 10.5. The highest BCUT2D eigenvalue weighted by molar-refractivity contribution is 5.77. The Morgan fingerprint density at radius 1 is 1.11 bits per heavy atom. The summed E-state index contributed by atoms with van der Waals surface area (Å²) in [6.07, 6.45) is 7.46. The molecule has 3 fully saturated rings. The first-order chi connectivity index (χ1) is 18.1. The van der Waals surface area contributed by atoms with Crippen LogP contribution in [0, 0.1) is 0 Å². The number of hydrogen-bond donors (Lipinski definition) is 1. The van der Waals surface area contributed by atoms with Gasteiger partial charge in [0, 0.05) is 32.3 Å². The number of nitrogens with zero attached hydrogens (tertiary/aromatic N) is 3. The Morgan fingerprint density at radius 3 is 2.65 bits per heavy atom. The summed E-state index contributed by atoms with van der Waals surface area (Å²) < 4.78 is 17.7. The predicted octanol–water partition coefficient (Wildman–Crippen LogP) is 3.69. The number of aromatic amines is 1. The standard InChI is InChI=1S/C28H38N4O5/c1-31-16-23(36-19-27(31)33)17-37-28(34)32-15-5-8-24(25-13-14-29-30-25)26(32)18-35-22-11-9-21(10-12-22)20-6-3-2-4-7-20/h2-4,6-7,13-14,21-24,26H,5,8-12,15-19H2,1H3,(H,29,30)/t21?,22?,23-,24?,26?/m1/s1. The van der Waals surface area contributed by atoms with Gasteiger partial charge >= 0.3 is 6.09 Å². The Morgan fingerprint density at radius 2 is 1.92 bits per heavy atom. The van der Waals surface area contributed by atoms with Gasteiger partial charge in [0.05, 0.1) is 24.4 Å². The molecule has 200 valence electrons. The molecule has 1 N–H and O–H groups in total. The van der Waals surface area contributed by atoms with Gasteiger partial charge in [-0.25, -0.2) is 4.79 Å². The van der Waals surface area contributed by atoms with Gasteiger partial charge in [0.25, 0.3) is 0 Å². The molecule has 5 rings (SSSR count). The number of carbonyl (C=O) groups excluding carboxylic acids is 2. The molecule has 3 heterocycles. The first-order valence-electron chi connectivity index (χ1n) is 13.5. The van der Waals surface area contributed by atoms with Crippen molar-refractivity contribution >= 4 is 12.0 Å². The van der Waals surface area contributed by atoms with E-state index in [2.05, 4.69) is 40.5 Å². The molecule has 9 heteroatoms. The number of likely N-dealkylation sites (N-methyl/N-ethyl adjacent to an activating group) is 1. The van der Waals surface area contributed by atoms with Crippen molar-refractivity contribution in [3.63, 3.8) is 0 Å². The van der Waals surface area contributed by atoms with Crippen molar-refractivity contribution in [2.24, 2.45) is 0 Å². The van der Waals surface area contributed by atoms with Crippen LogP contribution in [0.15, 0.2) is 42.6 Å². The minimum absolute atomic E-state index is 0.0205. The maximum Gasteiger partial charge on any atom is 0.410 e. The van der Waals surface area contributed by atoms with Crippen molar-refractivity contribution in [1.82, 2.24) is 20.0 Å². The smallest absolute Gasteiger partial charge is 0.410 e. The summed E-state index contributed by atoms with van der Waals surface area (Å²) >= 11 is 0. The number of aromatic nitrogens is 2. The number of H-pyrrole nitrogens is 1. The molecule has 0 spiro atoms. The first-order valence-corrected chi connectivity index (χ1v) is 13.5. The number of ether oxygens (including phenoxy) is 3. The fourth-order valence-electron chi connectivity index (χ4n) is 5.94. The fraction of sp³-hybridized carbons (Fsp3) is 0.607. The molecule has 37 heavy (non-hydrogen) atoms. The van der Waals surface area contributed by atoms with Gasteiger partial charge in [0.2, 0.25) is 5.91 Å². The first kappa shape index (κ1) is 25.7. The van der Waals surface area contributed by atoms with Gasteiger partial charge in [-0.3, -0.25) is 9.89 Å². The number of amides is 2. The lowest BCUT2D eigenvalue weighted by atomic mass is 9.82. The van der Waals surface area contributed by atoms with E-state index in [0.717, 1.165) is 44.2 Å². The van der Waals surface area contributed by atoms with Crippen LogP contribution in [0.1, 0.15) is 61.6 Å². The quantitative estimate of drug-likeness (QED) is 0.610. The molecule has 1 aromatic heterocycles. The maximum absolute atomic E-state index is 13.2. The van der Waals surface area contributed by atoms with E-state index >= 15 is 0 Å². The van der Waals surface area contributed by atoms with E-state index < -0.39 is 0 Å². The summed E-state index contributed by atoms with van der Waals surface area (Å²) in [5.41, 5.74) is 2.37. The van der Waals surface area contributed by atoms with Crippen LogP contribution in [0.4, 0.5) is 4.79 Å². The minimum Gasteiger partial charge on any atom is -0.447 e. The largest absolute Gasteiger partial charge is 0.447 e. The van der Waals surface area contributed by atoms with Gasteiger partial charge in [-0.1, -0.05) is 30.3 Å². The average molecular weight is 511 g/mol. The maximum atomic E-state index is 13.2. The number of likely N-dealkylation sites (tertiary alicyclic amines) is 1. The Kier molecular flexibility index (Phi) is 8.41. The zero-order chi connectivity index (χ0) is 25.6. The van der Waals surface area contributed by atoms with E-state index in [1.807, 2.05) is 17.2 Å². The molecular weight excluding hydrogens is 472 g/mol. The number of benzene rings is 1. The van der Waals surface area contributed by atoms with Crippen molar-refractivity contribution in [1.29, 1.82) is 0 Å². The van der Waals surface area contributed by atoms with Crippen LogP contribution in [-0.2, 0) is 19.0 Å². The lowest BCUT2D eigenvalue weighted by Gasteiger charge is -2.41. The second kappa shape index (κ2) is 12.1. The third kappa shape index (κ3) is 6.33. The number of morpholine rings is 1. The molecule has 2 aliphatic heterocycles. The minimum atomic E-state index is -0.357. The van der Waals surface area contributed by atoms with E-state index in [4.69, 9.17) is 14.2 Å². The average Bonchev–Trinajstić information content (AvgIpc) is 3.48. The third-order valence-electron chi connectivity index (χ3n) is 8.10. The van der Waals surface area contributed by atoms with E-state index in [1.54, 1.807) is 11.9 Å². The second-order valence-electron chi connectivity index (χ2n) is 10.5. The van der Waals surface area contributed by atoms with Gasteiger partial charge in [0.15, 0.2) is 0 Å². The number of piperidine rings is 1. The molecule has 2 unspecified atom stereocenters. The number of rotatable bonds is 7. The molecule has 1 saturated carbocycles. The fourth-order valence-corrected chi connectivity index (χ4v) is 5.94. The lowest BCUT2D eigenvalue weighted by molar-refractivity contribution is -0.149. The van der Waals surface area contributed by atoms with Gasteiger partial charge in [-0.2, -0.15) is 5.10 Å². The summed E-state index contributed by atoms with van der Waals surface area (Å²) in [6.45, 7) is 1.65. The van der Waals surface area contributed by atoms with Crippen molar-refractivity contribution in [3.05, 3.63) is 53.9 Å². The Labute approximate surface area is 218 Å². The molecule has 3 aliphatic rings. The molecule has 1 aromatic carbocycles. The molecule has 2 aromatic rings. The van der Waals surface area contributed by atoms with Crippen LogP contribution in [0.2, 0.25) is 0 Å². The number of nitrogens with one attached hydrogen (secondary N) is 1. The van der Waals surface area contributed by atoms with Gasteiger partial charge < -0.3 is 24.0 Å². The van der Waals surface area contributed by atoms with Crippen LogP contribution in [0.3, 0.4) is 0 Å². The zero-order valence-electron chi connectivity index (χ0n) is 21.6. The van der Waals surface area contributed by atoms with Gasteiger partial charge in [-0.15, -0.1) is 0 Å². The highest BCUT2D eigenvalue weighted by Gasteiger charge is 2.38. The molecular formula is C28H38N4O5. The zero-order valence-corrected chi connectivity index (χ0v) is 21.6. The lowest BCUT2D eigenvalue weighted by Crippen LogP contribution is -2.52. The summed E-state index contributed by atoms with van der Waals surface area (Å²) in [5, 5.41) is 7.36. The molecule has 2 amide bonds. The monoisotopic (exact) mass is 510 g/mol. The van der Waals surface area contributed by atoms with E-state index in [1.165, 1.54) is 5.56 Å². The molecule has 9 nitrogen and oxygen atoms in total. The molecule has 3 atom stereocenters. The van der Waals surface area contributed by atoms with Crippen LogP contribution in [0.25, 0.3) is 0 Å². The molecule has 0 bridgehead atoms. The van der Waals surface area contributed by atoms with Crippen LogP contribution in [-0.4, -0.2) is 90.2 Å². The summed E-state index contributed by atoms with van der Waals surface area (Å²) in [6, 6.07) is 12.6. The Bertz CT molecular complexity index is 1010. The van der Waals surface area contributed by atoms with Crippen molar-refractivity contribution in [3.8, 4) is 0 Å². The van der Waals surface area contributed by atoms with Crippen molar-refractivity contribution < 1.29 is 23.8 Å². The van der Waals surface area contributed by atoms with Gasteiger partial charge in [0.1, 0.15) is 19.3 Å². The van der Waals surface area contributed by atoms with Gasteiger partial charge in [-0.05, 0) is 56.1 Å². The van der Waals surface area contributed by atoms with Crippen LogP contribution in [0.5, 0.6) is 0 Å². The third-order valence-corrected chi connectivity index (χ3v) is 8.10. The predicted molar refractivity (Wildman–Crippen MR) is 137 cm³/mol. The van der Waals surface area contributed by atoms with Crippen molar-refractivity contribution in [2.75, 3.05) is 40.0 Å². The SMILES string of the molecule is CN1C[C@H](COC(=O)N2CCCC(c3cc[nH]n3)C2COC2CCC(c3ccccc3)CC2)OCC1=O. The normalized spacial score (nSPS) is 28.8. The number of carbonyl (C=O) groups is 2. The van der Waals surface area contributed by atoms with E-state index in [-0.39, 0.29) is 49.4 Å². The Balaban J connectivity index is 1.19. The van der Waals surface area contributed by atoms with E-state index in [0.29, 0.717) is 25.6 Å². The summed E-state index contributed by atoms with van der Waals surface area (Å²) in [7, 11) is 1.74. The number of hydrogen-bond acceptors (Lipinski definition) is 6. The van der Waals surface area contributed by atoms with Crippen LogP contribution >= 0.6 is 0 Å². The highest BCUT2D eigenvalue weighted by atomic mass is 16.6. The molecule has 2 saturated heterocycles. The van der Waals surface area contributed by atoms with Crippen LogP contribution < -0.4 is 0 Å². The summed E-state index contributed by atoms with van der Waals surface area (Å²) in [5.74, 6) is 0.619. The molecule has 1 aliphatic carbocycles. The van der Waals surface area contributed by atoms with E-state index in [9.17, 15) is 9.59 Å². The summed E-state index contributed by atoms with van der Waals surface area (Å²) in [4.78, 5) is 28.3. The topological polar surface area (TPSA) is 97.0 Å².